The van der Waals surface area contributed by atoms with Crippen LogP contribution in [-0.2, 0) is 14.3 Å². The second-order valence-corrected chi connectivity index (χ2v) is 9.55. The summed E-state index contributed by atoms with van der Waals surface area (Å²) in [6.45, 7) is 5.33. The number of aromatic nitrogens is 1. The molecule has 3 aliphatic rings. The maximum atomic E-state index is 13.4. The fourth-order valence-corrected chi connectivity index (χ4v) is 5.04. The lowest BCUT2D eigenvalue weighted by molar-refractivity contribution is -0.120. The van der Waals surface area contributed by atoms with Crippen LogP contribution in [-0.4, -0.2) is 67.6 Å². The van der Waals surface area contributed by atoms with Crippen molar-refractivity contribution in [3.63, 3.8) is 0 Å². The average molecular weight is 512 g/mol. The van der Waals surface area contributed by atoms with E-state index in [2.05, 4.69) is 32.8 Å². The van der Waals surface area contributed by atoms with Gasteiger partial charge in [-0.15, -0.1) is 0 Å². The Morgan fingerprint density at radius 3 is 2.68 bits per heavy atom. The summed E-state index contributed by atoms with van der Waals surface area (Å²) >= 11 is 0. The van der Waals surface area contributed by atoms with E-state index in [1.54, 1.807) is 44.9 Å². The van der Waals surface area contributed by atoms with E-state index in [9.17, 15) is 9.59 Å². The van der Waals surface area contributed by atoms with E-state index in [-0.39, 0.29) is 35.8 Å². The van der Waals surface area contributed by atoms with E-state index in [1.807, 2.05) is 12.3 Å². The Labute approximate surface area is 217 Å². The molecule has 2 aliphatic carbocycles. The molecule has 37 heavy (non-hydrogen) atoms. The Morgan fingerprint density at radius 1 is 1.22 bits per heavy atom. The number of nitrogens with zero attached hydrogens (tertiary/aromatic N) is 4. The molecule has 1 aromatic heterocycles. The fraction of sp³-hybridized carbons (Fsp3) is 0.538. The van der Waals surface area contributed by atoms with Gasteiger partial charge < -0.3 is 30.0 Å². The molecule has 0 aromatic carbocycles. The molecule has 1 aliphatic heterocycles. The molecule has 11 heteroatoms. The number of nitrogens with one attached hydrogen (secondary N) is 3. The predicted molar refractivity (Wildman–Crippen MR) is 143 cm³/mol. The van der Waals surface area contributed by atoms with E-state index in [0.717, 1.165) is 38.5 Å². The zero-order valence-corrected chi connectivity index (χ0v) is 22.0. The number of hydrazone groups is 1. The Kier molecular flexibility index (Phi) is 8.45. The van der Waals surface area contributed by atoms with Crippen LogP contribution in [0.25, 0.3) is 0 Å². The largest absolute Gasteiger partial charge is 0.381 e. The third kappa shape index (κ3) is 5.62. The first kappa shape index (κ1) is 26.6. The number of pyridine rings is 1. The van der Waals surface area contributed by atoms with Crippen molar-refractivity contribution in [3.05, 3.63) is 52.0 Å². The molecular formula is C26H37N7O4. The van der Waals surface area contributed by atoms with Gasteiger partial charge in [-0.05, 0) is 57.6 Å². The number of amidine groups is 1. The molecule has 3 N–H and O–H groups in total. The lowest BCUT2D eigenvalue weighted by Gasteiger charge is -2.36. The normalized spacial score (nSPS) is 26.9. The van der Waals surface area contributed by atoms with Crippen molar-refractivity contribution in [1.82, 2.24) is 20.2 Å². The molecule has 200 valence electrons. The molecule has 11 nitrogen and oxygen atoms in total. The molecule has 0 spiro atoms. The minimum atomic E-state index is -0.261. The molecule has 0 bridgehead atoms. The predicted octanol–water partition coefficient (Wildman–Crippen LogP) is 2.31. The third-order valence-electron chi connectivity index (χ3n) is 7.39. The topological polar surface area (TPSA) is 122 Å². The zero-order valence-electron chi connectivity index (χ0n) is 22.0. The number of methoxy groups -OCH3 is 2. The summed E-state index contributed by atoms with van der Waals surface area (Å²) in [6, 6.07) is 3.62. The quantitative estimate of drug-likeness (QED) is 0.362. The monoisotopic (exact) mass is 511 g/mol. The van der Waals surface area contributed by atoms with E-state index < -0.39 is 0 Å². The molecule has 2 heterocycles. The van der Waals surface area contributed by atoms with Gasteiger partial charge in [0.15, 0.2) is 5.82 Å². The summed E-state index contributed by atoms with van der Waals surface area (Å²) in [5.41, 5.74) is 0.630. The van der Waals surface area contributed by atoms with Gasteiger partial charge in [0, 0.05) is 46.3 Å². The van der Waals surface area contributed by atoms with Gasteiger partial charge in [0.1, 0.15) is 17.3 Å². The second kappa shape index (κ2) is 11.7. The molecule has 2 saturated carbocycles. The number of hydrogen-bond acceptors (Lipinski definition) is 9. The van der Waals surface area contributed by atoms with Crippen molar-refractivity contribution in [2.24, 2.45) is 10.1 Å². The lowest BCUT2D eigenvalue weighted by Crippen LogP contribution is -2.51. The molecule has 4 rings (SSSR count). The summed E-state index contributed by atoms with van der Waals surface area (Å²) in [4.78, 5) is 31.1. The number of carbonyl (C=O) groups is 1. The van der Waals surface area contributed by atoms with Gasteiger partial charge in [0.25, 0.3) is 11.5 Å². The van der Waals surface area contributed by atoms with Gasteiger partial charge in [-0.25, -0.2) is 4.99 Å². The Balaban J connectivity index is 1.61. The van der Waals surface area contributed by atoms with Crippen molar-refractivity contribution in [2.45, 2.75) is 69.7 Å². The Hall–Kier alpha value is -3.44. The van der Waals surface area contributed by atoms with Crippen LogP contribution in [0.2, 0.25) is 0 Å². The van der Waals surface area contributed by atoms with Crippen LogP contribution in [0.1, 0.15) is 51.5 Å². The Bertz CT molecular complexity index is 1170. The zero-order chi connectivity index (χ0) is 26.5. The summed E-state index contributed by atoms with van der Waals surface area (Å²) in [5, 5.41) is 14.8. The van der Waals surface area contributed by atoms with Crippen LogP contribution in [0, 0.1) is 0 Å². The number of anilines is 1. The van der Waals surface area contributed by atoms with Crippen molar-refractivity contribution in [1.29, 1.82) is 0 Å². The number of hydrogen-bond donors (Lipinski definition) is 3. The summed E-state index contributed by atoms with van der Waals surface area (Å²) < 4.78 is 12.7. The maximum absolute atomic E-state index is 13.4. The number of carbonyl (C=O) groups excluding carboxylic acids is 1. The van der Waals surface area contributed by atoms with Crippen LogP contribution in [0.3, 0.4) is 0 Å². The highest BCUT2D eigenvalue weighted by molar-refractivity contribution is 6.06. The van der Waals surface area contributed by atoms with Crippen LogP contribution in [0.4, 0.5) is 5.69 Å². The van der Waals surface area contributed by atoms with Gasteiger partial charge in [-0.1, -0.05) is 0 Å². The van der Waals surface area contributed by atoms with Crippen molar-refractivity contribution < 1.29 is 14.3 Å². The van der Waals surface area contributed by atoms with Crippen molar-refractivity contribution in [2.75, 3.05) is 26.6 Å². The number of amides is 1. The first-order chi connectivity index (χ1) is 17.9. The second-order valence-electron chi connectivity index (χ2n) is 9.55. The molecule has 1 amide bonds. The Morgan fingerprint density at radius 2 is 2.03 bits per heavy atom. The standard InChI is InChI=1S/C26H37N7O4/c1-16(25(34)30-19-11-12-21(19)37-5)24-31-22(15-23(27-2)33(24)28-3)29-20-10-7-13-32(26(20)35)17-8-6-9-18(14-17)36-4/h7,10,13,15,17-19,21,27H,3,6,8-9,11-12,14H2,1-2,4-5H3,(H,29,31)(H,30,34)/b24-16+/t17-,18+,19-,21-/m1/s1. The summed E-state index contributed by atoms with van der Waals surface area (Å²) in [5.74, 6) is 1.00. The summed E-state index contributed by atoms with van der Waals surface area (Å²) in [7, 11) is 5.10. The number of aliphatic imine (C=N–C) groups is 1. The van der Waals surface area contributed by atoms with E-state index in [4.69, 9.17) is 9.47 Å². The maximum Gasteiger partial charge on any atom is 0.274 e. The molecule has 4 atom stereocenters. The first-order valence-corrected chi connectivity index (χ1v) is 12.7. The minimum Gasteiger partial charge on any atom is -0.381 e. The van der Waals surface area contributed by atoms with Gasteiger partial charge >= 0.3 is 0 Å². The number of ether oxygens (including phenoxy) is 2. The van der Waals surface area contributed by atoms with Gasteiger partial charge in [-0.3, -0.25) is 9.59 Å². The average Bonchev–Trinajstić information content (AvgIpc) is 2.91. The highest BCUT2D eigenvalue weighted by Crippen LogP contribution is 2.29. The third-order valence-corrected chi connectivity index (χ3v) is 7.39. The van der Waals surface area contributed by atoms with E-state index >= 15 is 0 Å². The van der Waals surface area contributed by atoms with Crippen LogP contribution < -0.4 is 21.5 Å². The lowest BCUT2D eigenvalue weighted by atomic mass is 9.89. The van der Waals surface area contributed by atoms with Crippen molar-refractivity contribution in [3.8, 4) is 0 Å². The van der Waals surface area contributed by atoms with E-state index in [0.29, 0.717) is 28.7 Å². The van der Waals surface area contributed by atoms with Gasteiger partial charge in [0.05, 0.1) is 23.8 Å². The van der Waals surface area contributed by atoms with E-state index in [1.165, 1.54) is 5.01 Å². The molecule has 0 unspecified atom stereocenters. The first-order valence-electron chi connectivity index (χ1n) is 12.7. The smallest absolute Gasteiger partial charge is 0.274 e. The molecule has 0 radical (unpaired) electrons. The summed E-state index contributed by atoms with van der Waals surface area (Å²) in [6.07, 6.45) is 9.24. The highest BCUT2D eigenvalue weighted by atomic mass is 16.5. The van der Waals surface area contributed by atoms with Crippen LogP contribution >= 0.6 is 0 Å². The SMILES string of the molecule is C=NN1C(NC)=CC(Nc2cccn([C@@H]3CCC[C@H](OC)C3)c2=O)=N/C1=C(/C)C(=O)N[C@@H]1CC[C@H]1OC. The molecule has 2 fully saturated rings. The molecule has 1 aromatic rings. The minimum absolute atomic E-state index is 0.0128. The van der Waals surface area contributed by atoms with Crippen LogP contribution in [0.15, 0.2) is 56.5 Å². The van der Waals surface area contributed by atoms with Gasteiger partial charge in [0.2, 0.25) is 0 Å². The molecular weight excluding hydrogens is 474 g/mol. The highest BCUT2D eigenvalue weighted by Gasteiger charge is 2.33. The molecule has 0 saturated heterocycles. The number of rotatable bonds is 8. The van der Waals surface area contributed by atoms with Crippen molar-refractivity contribution >= 4 is 24.1 Å². The van der Waals surface area contributed by atoms with Gasteiger partial charge in [-0.2, -0.15) is 10.1 Å². The van der Waals surface area contributed by atoms with Crippen LogP contribution in [0.5, 0.6) is 0 Å². The fourth-order valence-electron chi connectivity index (χ4n) is 5.04.